The predicted molar refractivity (Wildman–Crippen MR) is 149 cm³/mol. The average Bonchev–Trinajstić information content (AvgIpc) is 2.86. The minimum Gasteiger partial charge on any atom is -0.508 e. The number of phenolic OH excluding ortho intramolecular Hbond substituents is 1. The fourth-order valence-corrected chi connectivity index (χ4v) is 7.02. The number of anilines is 1. The summed E-state index contributed by atoms with van der Waals surface area (Å²) in [5, 5.41) is 10.4. The Morgan fingerprint density at radius 3 is 2.20 bits per heavy atom. The molecule has 1 N–H and O–H groups in total. The molecule has 0 saturated heterocycles. The van der Waals surface area contributed by atoms with Gasteiger partial charge in [-0.15, -0.1) is 0 Å². The van der Waals surface area contributed by atoms with E-state index in [1.165, 1.54) is 80.2 Å². The molecule has 0 unspecified atom stereocenters. The lowest BCUT2D eigenvalue weighted by Crippen LogP contribution is -2.50. The molecule has 2 aromatic carbocycles. The van der Waals surface area contributed by atoms with Crippen LogP contribution < -0.4 is 4.90 Å². The van der Waals surface area contributed by atoms with Gasteiger partial charge in [-0.1, -0.05) is 57.2 Å². The Balaban J connectivity index is 1.53. The molecule has 2 saturated carbocycles. The predicted octanol–water partition coefficient (Wildman–Crippen LogP) is 7.97. The molecule has 35 heavy (non-hydrogen) atoms. The molecule has 3 heteroatoms. The van der Waals surface area contributed by atoms with E-state index in [-0.39, 0.29) is 5.54 Å². The molecule has 0 amide bonds. The van der Waals surface area contributed by atoms with Gasteiger partial charge in [0.2, 0.25) is 0 Å². The average molecular weight is 477 g/mol. The van der Waals surface area contributed by atoms with E-state index in [1.54, 1.807) is 0 Å². The van der Waals surface area contributed by atoms with E-state index in [9.17, 15) is 5.11 Å². The highest BCUT2D eigenvalue weighted by Gasteiger charge is 2.41. The van der Waals surface area contributed by atoms with Crippen LogP contribution in [0.25, 0.3) is 0 Å². The molecule has 3 nitrogen and oxygen atoms in total. The third-order valence-electron chi connectivity index (χ3n) is 8.94. The van der Waals surface area contributed by atoms with Gasteiger partial charge in [-0.3, -0.25) is 4.90 Å². The molecule has 2 aliphatic carbocycles. The van der Waals surface area contributed by atoms with E-state index in [0.29, 0.717) is 11.8 Å². The first-order valence-electron chi connectivity index (χ1n) is 14.3. The largest absolute Gasteiger partial charge is 0.508 e. The van der Waals surface area contributed by atoms with Gasteiger partial charge in [0.1, 0.15) is 5.75 Å². The Morgan fingerprint density at radius 1 is 0.886 bits per heavy atom. The van der Waals surface area contributed by atoms with Crippen molar-refractivity contribution in [3.8, 4) is 5.75 Å². The monoisotopic (exact) mass is 476 g/mol. The number of hydrogen-bond donors (Lipinski definition) is 1. The Bertz CT molecular complexity index is 920. The van der Waals surface area contributed by atoms with Gasteiger partial charge >= 0.3 is 0 Å². The maximum Gasteiger partial charge on any atom is 0.115 e. The van der Waals surface area contributed by atoms with Crippen LogP contribution in [0.15, 0.2) is 42.5 Å². The van der Waals surface area contributed by atoms with Crippen molar-refractivity contribution < 1.29 is 5.11 Å². The molecule has 4 rings (SSSR count). The second-order valence-electron chi connectivity index (χ2n) is 11.6. The Kier molecular flexibility index (Phi) is 8.81. The van der Waals surface area contributed by atoms with Crippen LogP contribution in [0.5, 0.6) is 5.75 Å². The highest BCUT2D eigenvalue weighted by Crippen LogP contribution is 2.45. The van der Waals surface area contributed by atoms with Crippen molar-refractivity contribution in [2.24, 2.45) is 5.92 Å². The maximum absolute atomic E-state index is 10.4. The maximum atomic E-state index is 10.4. The zero-order valence-corrected chi connectivity index (χ0v) is 22.7. The molecular formula is C32H48N2O. The Morgan fingerprint density at radius 2 is 1.57 bits per heavy atom. The van der Waals surface area contributed by atoms with Crippen LogP contribution in [0.4, 0.5) is 5.69 Å². The van der Waals surface area contributed by atoms with Crippen molar-refractivity contribution in [3.63, 3.8) is 0 Å². The molecule has 2 fully saturated rings. The number of rotatable bonds is 9. The van der Waals surface area contributed by atoms with Gasteiger partial charge in [-0.05, 0) is 113 Å². The standard InChI is InChI=1S/C32H48N2O/c1-5-19-34(30-22-25(2)21-26(3)23-30)29-14-17-32(18-15-29,28-12-9-13-31(35)24-28)33(4)20-16-27-10-7-6-8-11-27/h9,12-13,21-24,27,29,35H,5-8,10-11,14-20H2,1-4H3. The van der Waals surface area contributed by atoms with Gasteiger partial charge in [-0.2, -0.15) is 0 Å². The van der Waals surface area contributed by atoms with Gasteiger partial charge in [0.05, 0.1) is 0 Å². The summed E-state index contributed by atoms with van der Waals surface area (Å²) in [5.41, 5.74) is 5.42. The number of aromatic hydroxyl groups is 1. The SMILES string of the molecule is CCCN(c1cc(C)cc(C)c1)C1CCC(c2cccc(O)c2)(N(C)CCC2CCCCC2)CC1. The summed E-state index contributed by atoms with van der Waals surface area (Å²) in [4.78, 5) is 5.35. The Hall–Kier alpha value is -2.00. The lowest BCUT2D eigenvalue weighted by molar-refractivity contribution is 0.0584. The van der Waals surface area contributed by atoms with Crippen LogP contribution in [-0.2, 0) is 5.54 Å². The van der Waals surface area contributed by atoms with Crippen LogP contribution >= 0.6 is 0 Å². The Labute approximate surface area is 214 Å². The van der Waals surface area contributed by atoms with Crippen molar-refractivity contribution in [1.29, 1.82) is 0 Å². The van der Waals surface area contributed by atoms with E-state index in [1.807, 2.05) is 18.2 Å². The second-order valence-corrected chi connectivity index (χ2v) is 11.6. The molecule has 0 bridgehead atoms. The number of aryl methyl sites for hydroxylation is 2. The summed E-state index contributed by atoms with van der Waals surface area (Å²) in [6.45, 7) is 9.00. The third-order valence-corrected chi connectivity index (χ3v) is 8.94. The zero-order valence-electron chi connectivity index (χ0n) is 22.7. The highest BCUT2D eigenvalue weighted by atomic mass is 16.3. The highest BCUT2D eigenvalue weighted by molar-refractivity contribution is 5.52. The molecule has 0 aliphatic heterocycles. The molecule has 0 spiro atoms. The summed E-state index contributed by atoms with van der Waals surface area (Å²) in [6.07, 6.45) is 14.2. The minimum atomic E-state index is 0.0182. The van der Waals surface area contributed by atoms with E-state index in [4.69, 9.17) is 0 Å². The van der Waals surface area contributed by atoms with Crippen LogP contribution in [0.1, 0.15) is 94.2 Å². The first-order chi connectivity index (χ1) is 16.9. The number of nitrogens with zero attached hydrogens (tertiary/aromatic N) is 2. The van der Waals surface area contributed by atoms with Crippen LogP contribution in [0.3, 0.4) is 0 Å². The summed E-state index contributed by atoms with van der Waals surface area (Å²) in [6, 6.07) is 15.7. The lowest BCUT2D eigenvalue weighted by atomic mass is 9.73. The number of phenols is 1. The molecule has 0 radical (unpaired) electrons. The van der Waals surface area contributed by atoms with E-state index < -0.39 is 0 Å². The molecule has 0 heterocycles. The fourth-order valence-electron chi connectivity index (χ4n) is 7.02. The van der Waals surface area contributed by atoms with Crippen LogP contribution in [0.2, 0.25) is 0 Å². The van der Waals surface area contributed by atoms with Crippen molar-refractivity contribution in [1.82, 2.24) is 4.90 Å². The number of benzene rings is 2. The summed E-state index contributed by atoms with van der Waals surface area (Å²) in [5.74, 6) is 1.29. The first-order valence-corrected chi connectivity index (χ1v) is 14.3. The molecule has 2 aromatic rings. The summed E-state index contributed by atoms with van der Waals surface area (Å²) < 4.78 is 0. The number of hydrogen-bond acceptors (Lipinski definition) is 3. The molecule has 0 atom stereocenters. The topological polar surface area (TPSA) is 26.7 Å². The third kappa shape index (κ3) is 6.23. The van der Waals surface area contributed by atoms with Gasteiger partial charge in [0, 0.05) is 23.8 Å². The zero-order chi connectivity index (χ0) is 24.8. The van der Waals surface area contributed by atoms with Crippen LogP contribution in [-0.4, -0.2) is 36.2 Å². The molecule has 192 valence electrons. The van der Waals surface area contributed by atoms with Crippen LogP contribution in [0, 0.1) is 19.8 Å². The normalized spacial score (nSPS) is 23.5. The van der Waals surface area contributed by atoms with Crippen molar-refractivity contribution in [2.45, 2.75) is 103 Å². The van der Waals surface area contributed by atoms with Gasteiger partial charge in [0.15, 0.2) is 0 Å². The van der Waals surface area contributed by atoms with Crippen molar-refractivity contribution in [2.75, 3.05) is 25.0 Å². The molecule has 2 aliphatic rings. The smallest absolute Gasteiger partial charge is 0.115 e. The van der Waals surface area contributed by atoms with Gasteiger partial charge < -0.3 is 10.0 Å². The van der Waals surface area contributed by atoms with E-state index in [0.717, 1.165) is 31.8 Å². The quantitative estimate of drug-likeness (QED) is 0.397. The van der Waals surface area contributed by atoms with E-state index in [2.05, 4.69) is 61.9 Å². The van der Waals surface area contributed by atoms with Gasteiger partial charge in [-0.25, -0.2) is 0 Å². The molecule has 0 aromatic heterocycles. The molecular weight excluding hydrogens is 428 g/mol. The van der Waals surface area contributed by atoms with Crippen molar-refractivity contribution >= 4 is 5.69 Å². The fraction of sp³-hybridized carbons (Fsp3) is 0.625. The summed E-state index contributed by atoms with van der Waals surface area (Å²) >= 11 is 0. The van der Waals surface area contributed by atoms with Crippen molar-refractivity contribution in [3.05, 3.63) is 59.2 Å². The first kappa shape index (κ1) is 26.1. The minimum absolute atomic E-state index is 0.0182. The second kappa shape index (κ2) is 11.8. The summed E-state index contributed by atoms with van der Waals surface area (Å²) in [7, 11) is 2.35. The van der Waals surface area contributed by atoms with E-state index >= 15 is 0 Å². The lowest BCUT2D eigenvalue weighted by Gasteiger charge is -2.49. The van der Waals surface area contributed by atoms with Gasteiger partial charge in [0.25, 0.3) is 0 Å².